The van der Waals surface area contributed by atoms with E-state index in [1.54, 1.807) is 14.2 Å². The fourth-order valence-corrected chi connectivity index (χ4v) is 5.76. The van der Waals surface area contributed by atoms with Crippen LogP contribution in [0.3, 0.4) is 0 Å². The van der Waals surface area contributed by atoms with Crippen molar-refractivity contribution in [2.45, 2.75) is 118 Å². The minimum absolute atomic E-state index is 0.0441. The molecule has 2 rings (SSSR count). The van der Waals surface area contributed by atoms with Crippen LogP contribution in [-0.4, -0.2) is 100 Å². The molecule has 0 aromatic carbocycles. The summed E-state index contributed by atoms with van der Waals surface area (Å²) in [6.07, 6.45) is 3.97. The first-order valence-corrected chi connectivity index (χ1v) is 15.6. The maximum Gasteiger partial charge on any atom is 0.106 e. The number of methoxy groups -OCH3 is 2. The number of hydrogen-bond acceptors (Lipinski definition) is 8. The third-order valence-electron chi connectivity index (χ3n) is 11.3. The largest absolute Gasteiger partial charge is 0.379 e. The standard InChI is InChI=1S/C32H64N2O6/c1-25-15-17-33(31(7,8)29(25,3)4)39-23-27(35-11)21-37-19-13-14-20-38-22-28(36-12)24-40-34-18-16-26(2)30(5,6)32(34,9)10/h25-28H,13-24H2,1-12H3. The lowest BCUT2D eigenvalue weighted by molar-refractivity contribution is -0.279. The number of unbranched alkanes of at least 4 members (excludes halogenated alkanes) is 1. The predicted octanol–water partition coefficient (Wildman–Crippen LogP) is 5.99. The van der Waals surface area contributed by atoms with Gasteiger partial charge in [-0.1, -0.05) is 41.5 Å². The highest BCUT2D eigenvalue weighted by molar-refractivity contribution is 5.00. The van der Waals surface area contributed by atoms with Gasteiger partial charge in [-0.05, 0) is 76.0 Å². The molecule has 2 saturated heterocycles. The lowest BCUT2D eigenvalue weighted by Crippen LogP contribution is -2.60. The number of rotatable bonds is 17. The summed E-state index contributed by atoms with van der Waals surface area (Å²) in [6.45, 7) is 28.5. The van der Waals surface area contributed by atoms with Crippen LogP contribution in [0.15, 0.2) is 0 Å². The summed E-state index contributed by atoms with van der Waals surface area (Å²) >= 11 is 0. The second-order valence-corrected chi connectivity index (χ2v) is 14.3. The monoisotopic (exact) mass is 572 g/mol. The Labute approximate surface area is 246 Å². The quantitative estimate of drug-likeness (QED) is 0.197. The molecule has 0 aromatic rings. The van der Waals surface area contributed by atoms with Crippen molar-refractivity contribution in [2.75, 3.05) is 67.0 Å². The molecule has 2 aliphatic rings. The maximum absolute atomic E-state index is 6.25. The van der Waals surface area contributed by atoms with Gasteiger partial charge in [-0.25, -0.2) is 0 Å². The highest BCUT2D eigenvalue weighted by Crippen LogP contribution is 2.48. The van der Waals surface area contributed by atoms with Gasteiger partial charge in [0.05, 0.1) is 26.4 Å². The molecule has 40 heavy (non-hydrogen) atoms. The Morgan fingerprint density at radius 2 is 0.950 bits per heavy atom. The lowest BCUT2D eigenvalue weighted by atomic mass is 9.63. The first-order valence-electron chi connectivity index (χ1n) is 15.6. The van der Waals surface area contributed by atoms with Crippen LogP contribution >= 0.6 is 0 Å². The van der Waals surface area contributed by atoms with E-state index in [9.17, 15) is 0 Å². The van der Waals surface area contributed by atoms with Crippen LogP contribution in [0.5, 0.6) is 0 Å². The van der Waals surface area contributed by atoms with E-state index in [4.69, 9.17) is 28.6 Å². The van der Waals surface area contributed by atoms with Gasteiger partial charge in [0, 0.05) is 51.6 Å². The fraction of sp³-hybridized carbons (Fsp3) is 1.00. The van der Waals surface area contributed by atoms with Gasteiger partial charge in [-0.15, -0.1) is 0 Å². The third kappa shape index (κ3) is 8.62. The van der Waals surface area contributed by atoms with Crippen molar-refractivity contribution in [1.29, 1.82) is 0 Å². The summed E-state index contributed by atoms with van der Waals surface area (Å²) in [5, 5.41) is 4.31. The van der Waals surface area contributed by atoms with Gasteiger partial charge in [0.2, 0.25) is 0 Å². The molecule has 0 aromatic heterocycles. The van der Waals surface area contributed by atoms with Gasteiger partial charge in [0.1, 0.15) is 12.2 Å². The molecular formula is C32H64N2O6. The van der Waals surface area contributed by atoms with E-state index in [1.165, 1.54) is 0 Å². The number of piperidine rings is 2. The van der Waals surface area contributed by atoms with E-state index >= 15 is 0 Å². The fourth-order valence-electron chi connectivity index (χ4n) is 5.76. The molecule has 2 heterocycles. The molecule has 4 atom stereocenters. The van der Waals surface area contributed by atoms with Crippen molar-refractivity contribution in [3.63, 3.8) is 0 Å². The predicted molar refractivity (Wildman–Crippen MR) is 161 cm³/mol. The number of ether oxygens (including phenoxy) is 4. The van der Waals surface area contributed by atoms with Crippen molar-refractivity contribution in [3.05, 3.63) is 0 Å². The Balaban J connectivity index is 1.58. The SMILES string of the molecule is COC(COCCCCOCC(CON1CCC(C)C(C)(C)C1(C)C)OC)CON1CCC(C)C(C)(C)C1(C)C. The molecule has 0 saturated carbocycles. The zero-order chi connectivity index (χ0) is 30.2. The van der Waals surface area contributed by atoms with Crippen LogP contribution < -0.4 is 0 Å². The molecule has 0 N–H and O–H groups in total. The van der Waals surface area contributed by atoms with Crippen LogP contribution in [0.4, 0.5) is 0 Å². The van der Waals surface area contributed by atoms with Crippen LogP contribution in [0.1, 0.15) is 94.9 Å². The summed E-state index contributed by atoms with van der Waals surface area (Å²) in [5.41, 5.74) is 0.251. The lowest BCUT2D eigenvalue weighted by Gasteiger charge is -2.55. The average molecular weight is 573 g/mol. The summed E-state index contributed by atoms with van der Waals surface area (Å²) in [4.78, 5) is 12.5. The van der Waals surface area contributed by atoms with E-state index < -0.39 is 0 Å². The molecule has 238 valence electrons. The van der Waals surface area contributed by atoms with Crippen LogP contribution in [-0.2, 0) is 28.6 Å². The zero-order valence-electron chi connectivity index (χ0n) is 28.1. The summed E-state index contributed by atoms with van der Waals surface area (Å²) < 4.78 is 23.1. The number of hydrogen-bond donors (Lipinski definition) is 0. The van der Waals surface area contributed by atoms with E-state index in [0.29, 0.717) is 51.5 Å². The second-order valence-electron chi connectivity index (χ2n) is 14.3. The molecule has 8 heteroatoms. The normalized spacial score (nSPS) is 27.9. The highest BCUT2D eigenvalue weighted by Gasteiger charge is 2.50. The van der Waals surface area contributed by atoms with Crippen molar-refractivity contribution >= 4 is 0 Å². The van der Waals surface area contributed by atoms with Crippen LogP contribution in [0.2, 0.25) is 0 Å². The number of nitrogens with zero attached hydrogens (tertiary/aromatic N) is 2. The first kappa shape index (κ1) is 35.9. The highest BCUT2D eigenvalue weighted by atomic mass is 16.7. The van der Waals surface area contributed by atoms with Gasteiger partial charge < -0.3 is 18.9 Å². The Morgan fingerprint density at radius 3 is 1.27 bits per heavy atom. The van der Waals surface area contributed by atoms with Gasteiger partial charge in [-0.3, -0.25) is 9.68 Å². The molecule has 2 fully saturated rings. The van der Waals surface area contributed by atoms with Crippen LogP contribution in [0, 0.1) is 22.7 Å². The van der Waals surface area contributed by atoms with Crippen molar-refractivity contribution in [2.24, 2.45) is 22.7 Å². The van der Waals surface area contributed by atoms with Gasteiger partial charge in [0.25, 0.3) is 0 Å². The molecule has 4 unspecified atom stereocenters. The smallest absolute Gasteiger partial charge is 0.106 e. The second kappa shape index (κ2) is 15.4. The summed E-state index contributed by atoms with van der Waals surface area (Å²) in [5.74, 6) is 1.32. The van der Waals surface area contributed by atoms with Gasteiger partial charge >= 0.3 is 0 Å². The Hall–Kier alpha value is -0.320. The van der Waals surface area contributed by atoms with Gasteiger partial charge in [0.15, 0.2) is 0 Å². The molecule has 0 bridgehead atoms. The van der Waals surface area contributed by atoms with Crippen molar-refractivity contribution < 1.29 is 28.6 Å². The molecule has 8 nitrogen and oxygen atoms in total. The van der Waals surface area contributed by atoms with E-state index in [2.05, 4.69) is 79.4 Å². The first-order chi connectivity index (χ1) is 18.6. The topological polar surface area (TPSA) is 61.9 Å². The van der Waals surface area contributed by atoms with E-state index in [0.717, 1.165) is 38.8 Å². The Morgan fingerprint density at radius 1 is 0.600 bits per heavy atom. The Bertz CT molecular complexity index is 668. The Kier molecular flexibility index (Phi) is 13.8. The summed E-state index contributed by atoms with van der Waals surface area (Å²) in [7, 11) is 3.45. The van der Waals surface area contributed by atoms with Crippen LogP contribution in [0.25, 0.3) is 0 Å². The minimum Gasteiger partial charge on any atom is -0.379 e. The van der Waals surface area contributed by atoms with Crippen molar-refractivity contribution in [1.82, 2.24) is 10.1 Å². The molecule has 0 spiro atoms. The molecule has 0 radical (unpaired) electrons. The molecular weight excluding hydrogens is 508 g/mol. The zero-order valence-corrected chi connectivity index (χ0v) is 28.1. The third-order valence-corrected chi connectivity index (χ3v) is 11.3. The van der Waals surface area contributed by atoms with E-state index in [-0.39, 0.29) is 34.1 Å². The molecule has 0 amide bonds. The van der Waals surface area contributed by atoms with Gasteiger partial charge in [-0.2, -0.15) is 10.1 Å². The summed E-state index contributed by atoms with van der Waals surface area (Å²) in [6, 6.07) is 0. The molecule has 2 aliphatic heterocycles. The van der Waals surface area contributed by atoms with Crippen molar-refractivity contribution in [3.8, 4) is 0 Å². The average Bonchev–Trinajstić information content (AvgIpc) is 2.89. The molecule has 0 aliphatic carbocycles. The van der Waals surface area contributed by atoms with E-state index in [1.807, 2.05) is 0 Å². The number of hydroxylamine groups is 4. The minimum atomic E-state index is -0.0874. The maximum atomic E-state index is 6.25.